The molecule has 0 radical (unpaired) electrons. The Morgan fingerprint density at radius 2 is 1.64 bits per heavy atom. The Bertz CT molecular complexity index is 714. The molecule has 25 heavy (non-hydrogen) atoms. The second-order valence-corrected chi connectivity index (χ2v) is 6.38. The van der Waals surface area contributed by atoms with E-state index in [4.69, 9.17) is 0 Å². The van der Waals surface area contributed by atoms with Crippen LogP contribution in [0, 0.1) is 11.7 Å². The number of nitrogens with one attached hydrogen (secondary N) is 1. The van der Waals surface area contributed by atoms with Crippen LogP contribution >= 0.6 is 0 Å². The predicted molar refractivity (Wildman–Crippen MR) is 95.4 cm³/mol. The van der Waals surface area contributed by atoms with E-state index >= 15 is 0 Å². The number of likely N-dealkylation sites (N-methyl/N-ethyl adjacent to an activating group) is 1. The van der Waals surface area contributed by atoms with Crippen LogP contribution in [0.2, 0.25) is 0 Å². The maximum atomic E-state index is 13.0. The van der Waals surface area contributed by atoms with Crippen LogP contribution in [0.25, 0.3) is 0 Å². The average molecular weight is 342 g/mol. The van der Waals surface area contributed by atoms with Crippen LogP contribution in [0.1, 0.15) is 29.8 Å². The summed E-state index contributed by atoms with van der Waals surface area (Å²) in [6.07, 6.45) is 0. The molecule has 1 atom stereocenters. The lowest BCUT2D eigenvalue weighted by Crippen LogP contribution is -2.50. The smallest absolute Gasteiger partial charge is 0.251 e. The molecule has 0 saturated heterocycles. The summed E-state index contributed by atoms with van der Waals surface area (Å²) in [6.45, 7) is 4.23. The lowest BCUT2D eigenvalue weighted by atomic mass is 10.0. The highest BCUT2D eigenvalue weighted by atomic mass is 19.1. The molecule has 0 aliphatic heterocycles. The van der Waals surface area contributed by atoms with Crippen molar-refractivity contribution in [1.82, 2.24) is 10.2 Å². The van der Waals surface area contributed by atoms with Crippen LogP contribution in [0.15, 0.2) is 54.6 Å². The Morgan fingerprint density at radius 3 is 2.20 bits per heavy atom. The maximum absolute atomic E-state index is 13.0. The SMILES string of the molecule is CC(C)[C@H](NC(=O)c1ccc(F)cc1)C(=O)N(C)Cc1ccccc1. The molecule has 4 nitrogen and oxygen atoms in total. The van der Waals surface area contributed by atoms with Gasteiger partial charge < -0.3 is 10.2 Å². The molecule has 2 aromatic rings. The number of carbonyl (C=O) groups is 2. The van der Waals surface area contributed by atoms with Gasteiger partial charge in [-0.2, -0.15) is 0 Å². The molecule has 5 heteroatoms. The van der Waals surface area contributed by atoms with Crippen molar-refractivity contribution in [3.05, 3.63) is 71.5 Å². The highest BCUT2D eigenvalue weighted by molar-refractivity contribution is 5.97. The lowest BCUT2D eigenvalue weighted by Gasteiger charge is -2.27. The standard InChI is InChI=1S/C20H23FN2O2/c1-14(2)18(22-19(24)16-9-11-17(21)12-10-16)20(25)23(3)13-15-7-5-4-6-8-15/h4-12,14,18H,13H2,1-3H3,(H,22,24)/t18-/m0/s1. The van der Waals surface area contributed by atoms with Gasteiger partial charge in [-0.25, -0.2) is 4.39 Å². The number of hydrogen-bond acceptors (Lipinski definition) is 2. The molecule has 0 spiro atoms. The van der Waals surface area contributed by atoms with Gasteiger partial charge in [-0.3, -0.25) is 9.59 Å². The van der Waals surface area contributed by atoms with Crippen molar-refractivity contribution >= 4 is 11.8 Å². The number of hydrogen-bond donors (Lipinski definition) is 1. The molecule has 0 aromatic heterocycles. The molecule has 0 bridgehead atoms. The Kier molecular flexibility index (Phi) is 6.28. The van der Waals surface area contributed by atoms with Gasteiger partial charge in [-0.15, -0.1) is 0 Å². The second kappa shape index (κ2) is 8.42. The van der Waals surface area contributed by atoms with Gasteiger partial charge in [-0.05, 0) is 35.7 Å². The zero-order chi connectivity index (χ0) is 18.4. The summed E-state index contributed by atoms with van der Waals surface area (Å²) >= 11 is 0. The summed E-state index contributed by atoms with van der Waals surface area (Å²) in [5.74, 6) is -1.03. The molecule has 1 N–H and O–H groups in total. The van der Waals surface area contributed by atoms with E-state index in [1.54, 1.807) is 11.9 Å². The lowest BCUT2D eigenvalue weighted by molar-refractivity contribution is -0.133. The summed E-state index contributed by atoms with van der Waals surface area (Å²) in [5.41, 5.74) is 1.34. The minimum Gasteiger partial charge on any atom is -0.340 e. The molecule has 2 amide bonds. The van der Waals surface area contributed by atoms with Gasteiger partial charge in [0.2, 0.25) is 5.91 Å². The first-order valence-electron chi connectivity index (χ1n) is 8.24. The number of halogens is 1. The Hall–Kier alpha value is -2.69. The highest BCUT2D eigenvalue weighted by Crippen LogP contribution is 2.11. The molecule has 2 rings (SSSR count). The van der Waals surface area contributed by atoms with Gasteiger partial charge in [0.15, 0.2) is 0 Å². The van der Waals surface area contributed by atoms with Crippen molar-refractivity contribution in [2.75, 3.05) is 7.05 Å². The van der Waals surface area contributed by atoms with Crippen molar-refractivity contribution in [3.8, 4) is 0 Å². The van der Waals surface area contributed by atoms with Crippen LogP contribution in [0.4, 0.5) is 4.39 Å². The number of carbonyl (C=O) groups excluding carboxylic acids is 2. The average Bonchev–Trinajstić information content (AvgIpc) is 2.60. The second-order valence-electron chi connectivity index (χ2n) is 6.38. The minimum atomic E-state index is -0.647. The van der Waals surface area contributed by atoms with E-state index in [1.165, 1.54) is 24.3 Å². The monoisotopic (exact) mass is 342 g/mol. The molecule has 132 valence electrons. The number of nitrogens with zero attached hydrogens (tertiary/aromatic N) is 1. The van der Waals surface area contributed by atoms with E-state index in [-0.39, 0.29) is 17.7 Å². The molecule has 0 saturated carbocycles. The van der Waals surface area contributed by atoms with Crippen molar-refractivity contribution in [1.29, 1.82) is 0 Å². The van der Waals surface area contributed by atoms with Crippen molar-refractivity contribution < 1.29 is 14.0 Å². The van der Waals surface area contributed by atoms with Crippen LogP contribution in [-0.4, -0.2) is 29.8 Å². The van der Waals surface area contributed by atoms with Gasteiger partial charge in [-0.1, -0.05) is 44.2 Å². The fourth-order valence-electron chi connectivity index (χ4n) is 2.51. The summed E-state index contributed by atoms with van der Waals surface area (Å²) in [5, 5.41) is 2.77. The third-order valence-electron chi connectivity index (χ3n) is 3.96. The fraction of sp³-hybridized carbons (Fsp3) is 0.300. The zero-order valence-electron chi connectivity index (χ0n) is 14.7. The third kappa shape index (κ3) is 5.14. The van der Waals surface area contributed by atoms with Crippen LogP contribution in [0.3, 0.4) is 0 Å². The summed E-state index contributed by atoms with van der Waals surface area (Å²) in [6, 6.07) is 14.3. The van der Waals surface area contributed by atoms with E-state index in [2.05, 4.69) is 5.32 Å². The van der Waals surface area contributed by atoms with Gasteiger partial charge in [0.05, 0.1) is 0 Å². The normalized spacial score (nSPS) is 11.9. The molecular weight excluding hydrogens is 319 g/mol. The molecule has 0 heterocycles. The van der Waals surface area contributed by atoms with E-state index < -0.39 is 11.9 Å². The zero-order valence-corrected chi connectivity index (χ0v) is 14.7. The quantitative estimate of drug-likeness (QED) is 0.876. The molecule has 0 aliphatic carbocycles. The molecule has 0 unspecified atom stereocenters. The number of benzene rings is 2. The summed E-state index contributed by atoms with van der Waals surface area (Å²) in [7, 11) is 1.72. The van der Waals surface area contributed by atoms with Gasteiger partial charge in [0, 0.05) is 19.2 Å². The molecule has 0 fully saturated rings. The van der Waals surface area contributed by atoms with Gasteiger partial charge in [0.25, 0.3) is 5.91 Å². The predicted octanol–water partition coefficient (Wildman–Crippen LogP) is 3.24. The number of amides is 2. The van der Waals surface area contributed by atoms with Crippen LogP contribution < -0.4 is 5.32 Å². The molecule has 2 aromatic carbocycles. The van der Waals surface area contributed by atoms with Crippen molar-refractivity contribution in [3.63, 3.8) is 0 Å². The molecular formula is C20H23FN2O2. The van der Waals surface area contributed by atoms with Crippen molar-refractivity contribution in [2.24, 2.45) is 5.92 Å². The summed E-state index contributed by atoms with van der Waals surface area (Å²) in [4.78, 5) is 26.7. The van der Waals surface area contributed by atoms with Crippen molar-refractivity contribution in [2.45, 2.75) is 26.4 Å². The fourth-order valence-corrected chi connectivity index (χ4v) is 2.51. The summed E-state index contributed by atoms with van der Waals surface area (Å²) < 4.78 is 13.0. The highest BCUT2D eigenvalue weighted by Gasteiger charge is 2.27. The van der Waals surface area contributed by atoms with E-state index in [0.29, 0.717) is 12.1 Å². The Balaban J connectivity index is 2.07. The number of rotatable bonds is 6. The maximum Gasteiger partial charge on any atom is 0.251 e. The Morgan fingerprint density at radius 1 is 1.04 bits per heavy atom. The molecule has 0 aliphatic rings. The van der Waals surface area contributed by atoms with Gasteiger partial charge >= 0.3 is 0 Å². The van der Waals surface area contributed by atoms with Gasteiger partial charge in [0.1, 0.15) is 11.9 Å². The topological polar surface area (TPSA) is 49.4 Å². The minimum absolute atomic E-state index is 0.0740. The largest absolute Gasteiger partial charge is 0.340 e. The van der Waals surface area contributed by atoms with E-state index in [1.807, 2.05) is 44.2 Å². The Labute approximate surface area is 147 Å². The first-order chi connectivity index (χ1) is 11.9. The van der Waals surface area contributed by atoms with Crippen LogP contribution in [-0.2, 0) is 11.3 Å². The first kappa shape index (κ1) is 18.6. The third-order valence-corrected chi connectivity index (χ3v) is 3.96. The van der Waals surface area contributed by atoms with Crippen LogP contribution in [0.5, 0.6) is 0 Å². The van der Waals surface area contributed by atoms with E-state index in [9.17, 15) is 14.0 Å². The first-order valence-corrected chi connectivity index (χ1v) is 8.24. The van der Waals surface area contributed by atoms with E-state index in [0.717, 1.165) is 5.56 Å².